The molecule has 1 N–H and O–H groups in total. The Morgan fingerprint density at radius 2 is 2.05 bits per heavy atom. The summed E-state index contributed by atoms with van der Waals surface area (Å²) in [5.74, 6) is 2.45. The number of hydrogen-bond acceptors (Lipinski definition) is 3. The number of nitrogens with zero attached hydrogens (tertiary/aromatic N) is 2. The van der Waals surface area contributed by atoms with E-state index in [-0.39, 0.29) is 0 Å². The van der Waals surface area contributed by atoms with Gasteiger partial charge >= 0.3 is 0 Å². The van der Waals surface area contributed by atoms with Gasteiger partial charge in [-0.1, -0.05) is 19.8 Å². The summed E-state index contributed by atoms with van der Waals surface area (Å²) < 4.78 is 0. The van der Waals surface area contributed by atoms with Gasteiger partial charge in [0.1, 0.15) is 12.1 Å². The van der Waals surface area contributed by atoms with E-state index in [2.05, 4.69) is 22.2 Å². The third-order valence-corrected chi connectivity index (χ3v) is 4.37. The van der Waals surface area contributed by atoms with E-state index in [0.29, 0.717) is 5.92 Å². The van der Waals surface area contributed by atoms with Crippen molar-refractivity contribution in [2.45, 2.75) is 58.3 Å². The molecule has 0 aromatic carbocycles. The van der Waals surface area contributed by atoms with Gasteiger partial charge in [-0.2, -0.15) is 0 Å². The highest BCUT2D eigenvalue weighted by molar-refractivity contribution is 6.17. The largest absolute Gasteiger partial charge is 0.369 e. The van der Waals surface area contributed by atoms with Crippen LogP contribution in [0.4, 0.5) is 5.82 Å². The van der Waals surface area contributed by atoms with Crippen molar-refractivity contribution in [1.82, 2.24) is 9.97 Å². The summed E-state index contributed by atoms with van der Waals surface area (Å²) in [7, 11) is 0. The zero-order chi connectivity index (χ0) is 14.2. The number of hydrogen-bond donors (Lipinski definition) is 1. The van der Waals surface area contributed by atoms with Crippen molar-refractivity contribution in [2.24, 2.45) is 5.92 Å². The maximum atomic E-state index is 5.90. The first kappa shape index (κ1) is 15.6. The fourth-order valence-corrected chi connectivity index (χ4v) is 3.31. The molecule has 0 fully saturated rings. The van der Waals surface area contributed by atoms with Crippen LogP contribution in [-0.4, -0.2) is 22.4 Å². The molecule has 0 amide bonds. The molecule has 1 aromatic heterocycles. The van der Waals surface area contributed by atoms with E-state index in [1.54, 1.807) is 6.33 Å². The molecule has 1 heterocycles. The fourth-order valence-electron chi connectivity index (χ4n) is 3.00. The van der Waals surface area contributed by atoms with Gasteiger partial charge in [-0.05, 0) is 44.4 Å². The van der Waals surface area contributed by atoms with Crippen LogP contribution in [0.15, 0.2) is 6.33 Å². The van der Waals surface area contributed by atoms with Crippen molar-refractivity contribution in [1.29, 1.82) is 0 Å². The Hall–Kier alpha value is -0.830. The Bertz CT molecular complexity index is 403. The number of aryl methyl sites for hydroxylation is 1. The highest BCUT2D eigenvalue weighted by atomic mass is 35.5. The molecular formula is C16H26ClN3. The van der Waals surface area contributed by atoms with Crippen molar-refractivity contribution >= 4 is 17.4 Å². The second kappa shape index (κ2) is 8.46. The number of fused-ring (bicyclic) bond motifs is 1. The normalized spacial score (nSPS) is 16.3. The van der Waals surface area contributed by atoms with Gasteiger partial charge in [-0.15, -0.1) is 11.6 Å². The molecule has 20 heavy (non-hydrogen) atoms. The Morgan fingerprint density at radius 3 is 2.85 bits per heavy atom. The van der Waals surface area contributed by atoms with Gasteiger partial charge in [0.05, 0.1) is 0 Å². The maximum Gasteiger partial charge on any atom is 0.132 e. The molecule has 2 rings (SSSR count). The van der Waals surface area contributed by atoms with Crippen molar-refractivity contribution in [2.75, 3.05) is 17.7 Å². The van der Waals surface area contributed by atoms with E-state index in [1.807, 2.05) is 0 Å². The molecule has 0 saturated heterocycles. The average Bonchev–Trinajstić information content (AvgIpc) is 2.71. The quantitative estimate of drug-likeness (QED) is 0.605. The zero-order valence-corrected chi connectivity index (χ0v) is 13.3. The molecule has 1 aliphatic rings. The number of anilines is 1. The topological polar surface area (TPSA) is 37.8 Å². The van der Waals surface area contributed by atoms with E-state index in [9.17, 15) is 0 Å². The van der Waals surface area contributed by atoms with Crippen LogP contribution in [0.1, 0.15) is 56.7 Å². The molecule has 3 nitrogen and oxygen atoms in total. The molecule has 0 bridgehead atoms. The van der Waals surface area contributed by atoms with Gasteiger partial charge < -0.3 is 5.32 Å². The van der Waals surface area contributed by atoms with Crippen LogP contribution >= 0.6 is 11.6 Å². The maximum absolute atomic E-state index is 5.90. The summed E-state index contributed by atoms with van der Waals surface area (Å²) in [6, 6.07) is 0. The van der Waals surface area contributed by atoms with Gasteiger partial charge in [-0.25, -0.2) is 9.97 Å². The van der Waals surface area contributed by atoms with E-state index in [0.717, 1.165) is 37.5 Å². The lowest BCUT2D eigenvalue weighted by atomic mass is 10.0. The number of rotatable bonds is 7. The molecule has 0 saturated carbocycles. The van der Waals surface area contributed by atoms with Gasteiger partial charge in [0.2, 0.25) is 0 Å². The Kier molecular flexibility index (Phi) is 6.58. The first-order chi connectivity index (χ1) is 9.85. The van der Waals surface area contributed by atoms with Crippen LogP contribution in [0.25, 0.3) is 0 Å². The minimum absolute atomic E-state index is 0.647. The predicted octanol–water partition coefficient (Wildman–Crippen LogP) is 4.20. The summed E-state index contributed by atoms with van der Waals surface area (Å²) in [5.41, 5.74) is 2.61. The molecule has 1 aliphatic carbocycles. The second-order valence-electron chi connectivity index (χ2n) is 5.72. The Labute approximate surface area is 127 Å². The molecule has 0 spiro atoms. The van der Waals surface area contributed by atoms with Crippen molar-refractivity contribution < 1.29 is 0 Å². The predicted molar refractivity (Wildman–Crippen MR) is 85.5 cm³/mol. The lowest BCUT2D eigenvalue weighted by Crippen LogP contribution is -2.17. The van der Waals surface area contributed by atoms with Gasteiger partial charge in [0, 0.05) is 23.7 Å². The van der Waals surface area contributed by atoms with Crippen LogP contribution in [0, 0.1) is 5.92 Å². The summed E-state index contributed by atoms with van der Waals surface area (Å²) >= 11 is 5.90. The van der Waals surface area contributed by atoms with E-state index < -0.39 is 0 Å². The molecule has 1 atom stereocenters. The average molecular weight is 296 g/mol. The summed E-state index contributed by atoms with van der Waals surface area (Å²) in [4.78, 5) is 8.94. The zero-order valence-electron chi connectivity index (χ0n) is 12.5. The third kappa shape index (κ3) is 4.34. The molecule has 112 valence electrons. The molecule has 0 radical (unpaired) electrons. The summed E-state index contributed by atoms with van der Waals surface area (Å²) in [5, 5.41) is 3.56. The third-order valence-electron chi connectivity index (χ3n) is 4.15. The van der Waals surface area contributed by atoms with Gasteiger partial charge in [0.25, 0.3) is 0 Å². The number of aromatic nitrogens is 2. The highest BCUT2D eigenvalue weighted by Gasteiger charge is 2.15. The highest BCUT2D eigenvalue weighted by Crippen LogP contribution is 2.24. The molecule has 4 heteroatoms. The number of alkyl halides is 1. The van der Waals surface area contributed by atoms with Crippen LogP contribution in [0.5, 0.6) is 0 Å². The van der Waals surface area contributed by atoms with E-state index >= 15 is 0 Å². The van der Waals surface area contributed by atoms with Gasteiger partial charge in [0.15, 0.2) is 0 Å². The smallest absolute Gasteiger partial charge is 0.132 e. The molecular weight excluding hydrogens is 270 g/mol. The van der Waals surface area contributed by atoms with Crippen molar-refractivity contribution in [3.63, 3.8) is 0 Å². The van der Waals surface area contributed by atoms with Gasteiger partial charge in [-0.3, -0.25) is 0 Å². The van der Waals surface area contributed by atoms with Crippen LogP contribution in [0.2, 0.25) is 0 Å². The molecule has 0 aliphatic heterocycles. The van der Waals surface area contributed by atoms with Crippen LogP contribution in [-0.2, 0) is 12.8 Å². The Morgan fingerprint density at radius 1 is 1.20 bits per heavy atom. The monoisotopic (exact) mass is 295 g/mol. The Balaban J connectivity index is 2.01. The fraction of sp³-hybridized carbons (Fsp3) is 0.750. The minimum atomic E-state index is 0.647. The second-order valence-corrected chi connectivity index (χ2v) is 6.10. The SMILES string of the molecule is CCCC(CCCl)CNc1ncnc2c1CCCCC2. The molecule has 1 aromatic rings. The van der Waals surface area contributed by atoms with Crippen molar-refractivity contribution in [3.8, 4) is 0 Å². The molecule has 1 unspecified atom stereocenters. The lowest BCUT2D eigenvalue weighted by Gasteiger charge is -2.18. The van der Waals surface area contributed by atoms with Crippen LogP contribution in [0.3, 0.4) is 0 Å². The summed E-state index contributed by atoms with van der Waals surface area (Å²) in [6.45, 7) is 3.21. The lowest BCUT2D eigenvalue weighted by molar-refractivity contribution is 0.489. The first-order valence-corrected chi connectivity index (χ1v) is 8.51. The van der Waals surface area contributed by atoms with Crippen LogP contribution < -0.4 is 5.32 Å². The summed E-state index contributed by atoms with van der Waals surface area (Å²) in [6.07, 6.45) is 11.3. The first-order valence-electron chi connectivity index (χ1n) is 7.97. The van der Waals surface area contributed by atoms with E-state index in [1.165, 1.54) is 43.4 Å². The van der Waals surface area contributed by atoms with E-state index in [4.69, 9.17) is 11.6 Å². The number of halogens is 1. The van der Waals surface area contributed by atoms with Crippen molar-refractivity contribution in [3.05, 3.63) is 17.6 Å². The number of nitrogens with one attached hydrogen (secondary N) is 1. The standard InChI is InChI=1S/C16H26ClN3/c1-2-6-13(9-10-17)11-18-16-14-7-4-3-5-8-15(14)19-12-20-16/h12-13H,2-11H2,1H3,(H,18,19,20). The minimum Gasteiger partial charge on any atom is -0.369 e.